The number of nitrogens with zero attached hydrogens (tertiary/aromatic N) is 5. The van der Waals surface area contributed by atoms with Crippen molar-refractivity contribution in [2.75, 3.05) is 56.2 Å². The number of morpholine rings is 1. The minimum Gasteiger partial charge on any atom is -0.379 e. The third-order valence-corrected chi connectivity index (χ3v) is 7.28. The van der Waals surface area contributed by atoms with Crippen LogP contribution >= 0.6 is 0 Å². The first-order valence-corrected chi connectivity index (χ1v) is 13.1. The van der Waals surface area contributed by atoms with Crippen LogP contribution in [0, 0.1) is 0 Å². The van der Waals surface area contributed by atoms with Gasteiger partial charge in [-0.1, -0.05) is 6.07 Å². The lowest BCUT2D eigenvalue weighted by atomic mass is 10.1. The molecule has 3 aromatic rings. The Hall–Kier alpha value is -3.30. The average Bonchev–Trinajstić information content (AvgIpc) is 3.56. The summed E-state index contributed by atoms with van der Waals surface area (Å²) in [6, 6.07) is 10.2. The predicted octanol–water partition coefficient (Wildman–Crippen LogP) is 3.00. The topological polar surface area (TPSA) is 95.5 Å². The van der Waals surface area contributed by atoms with Gasteiger partial charge in [0.1, 0.15) is 5.82 Å². The number of rotatable bonds is 8. The van der Waals surface area contributed by atoms with E-state index in [0.29, 0.717) is 31.4 Å². The van der Waals surface area contributed by atoms with Crippen molar-refractivity contribution in [3.8, 4) is 0 Å². The highest BCUT2D eigenvalue weighted by atomic mass is 16.5. The van der Waals surface area contributed by atoms with Gasteiger partial charge in [-0.15, -0.1) is 0 Å². The van der Waals surface area contributed by atoms with E-state index in [2.05, 4.69) is 30.4 Å². The Kier molecular flexibility index (Phi) is 6.65. The number of aromatic nitrogens is 3. The number of amides is 1. The molecule has 9 nitrogen and oxygen atoms in total. The molecule has 188 valence electrons. The van der Waals surface area contributed by atoms with Crippen molar-refractivity contribution in [1.29, 1.82) is 0 Å². The predicted molar refractivity (Wildman–Crippen MR) is 139 cm³/mol. The minimum absolute atomic E-state index is 0.0204. The van der Waals surface area contributed by atoms with Gasteiger partial charge in [0, 0.05) is 67.7 Å². The number of pyridine rings is 1. The molecule has 0 spiro atoms. The zero-order valence-electron chi connectivity index (χ0n) is 20.5. The number of carbonyl (C=O) groups excluding carboxylic acids is 1. The van der Waals surface area contributed by atoms with Crippen molar-refractivity contribution in [2.45, 2.75) is 37.8 Å². The first kappa shape index (κ1) is 23.1. The normalized spacial score (nSPS) is 19.4. The van der Waals surface area contributed by atoms with Crippen LogP contribution in [0.25, 0.3) is 10.9 Å². The van der Waals surface area contributed by atoms with E-state index in [1.807, 2.05) is 42.7 Å². The molecule has 36 heavy (non-hydrogen) atoms. The molecule has 3 fully saturated rings. The number of hydrogen-bond acceptors (Lipinski definition) is 8. The van der Waals surface area contributed by atoms with Crippen LogP contribution in [-0.2, 0) is 4.74 Å². The highest BCUT2D eigenvalue weighted by molar-refractivity contribution is 6.06. The average molecular weight is 488 g/mol. The number of ether oxygens (including phenoxy) is 1. The Morgan fingerprint density at radius 3 is 2.56 bits per heavy atom. The smallest absolute Gasteiger partial charge is 0.252 e. The maximum absolute atomic E-state index is 13.3. The number of anilines is 2. The van der Waals surface area contributed by atoms with Crippen LogP contribution < -0.4 is 15.5 Å². The third kappa shape index (κ3) is 5.12. The fraction of sp³-hybridized carbons (Fsp3) is 0.481. The van der Waals surface area contributed by atoms with Crippen molar-refractivity contribution >= 4 is 28.6 Å². The lowest BCUT2D eigenvalue weighted by molar-refractivity contribution is 0.0161. The Bertz CT molecular complexity index is 1200. The molecule has 2 N–H and O–H groups in total. The first-order chi connectivity index (χ1) is 17.7. The fourth-order valence-corrected chi connectivity index (χ4v) is 5.09. The van der Waals surface area contributed by atoms with Gasteiger partial charge in [0.15, 0.2) is 0 Å². The molecule has 2 aromatic heterocycles. The van der Waals surface area contributed by atoms with Crippen LogP contribution in [0.5, 0.6) is 0 Å². The van der Waals surface area contributed by atoms with E-state index in [9.17, 15) is 4.79 Å². The minimum atomic E-state index is -0.0989. The number of nitrogens with one attached hydrogen (secondary N) is 2. The monoisotopic (exact) mass is 487 g/mol. The summed E-state index contributed by atoms with van der Waals surface area (Å²) in [5, 5.41) is 7.47. The molecule has 1 atom stereocenters. The lowest BCUT2D eigenvalue weighted by Crippen LogP contribution is -2.44. The molecule has 1 unspecified atom stereocenters. The molecule has 1 aromatic carbocycles. The molecule has 4 heterocycles. The van der Waals surface area contributed by atoms with Crippen LogP contribution in [-0.4, -0.2) is 77.7 Å². The molecule has 2 aliphatic heterocycles. The van der Waals surface area contributed by atoms with Crippen molar-refractivity contribution in [1.82, 2.24) is 25.2 Å². The number of hydrogen-bond donors (Lipinski definition) is 2. The summed E-state index contributed by atoms with van der Waals surface area (Å²) in [6.07, 6.45) is 8.61. The Balaban J connectivity index is 1.19. The van der Waals surface area contributed by atoms with Gasteiger partial charge >= 0.3 is 0 Å². The van der Waals surface area contributed by atoms with Crippen LogP contribution in [0.15, 0.2) is 42.7 Å². The largest absolute Gasteiger partial charge is 0.379 e. The quantitative estimate of drug-likeness (QED) is 0.501. The summed E-state index contributed by atoms with van der Waals surface area (Å²) in [7, 11) is 0. The second-order valence-corrected chi connectivity index (χ2v) is 9.87. The molecule has 1 amide bonds. The molecule has 1 aliphatic carbocycles. The second-order valence-electron chi connectivity index (χ2n) is 9.87. The van der Waals surface area contributed by atoms with E-state index in [0.717, 1.165) is 54.4 Å². The summed E-state index contributed by atoms with van der Waals surface area (Å²) in [6.45, 7) is 5.48. The number of fused-ring (bicyclic) bond motifs is 1. The third-order valence-electron chi connectivity index (χ3n) is 7.28. The van der Waals surface area contributed by atoms with Crippen molar-refractivity contribution in [3.63, 3.8) is 0 Å². The summed E-state index contributed by atoms with van der Waals surface area (Å²) >= 11 is 0. The van der Waals surface area contributed by atoms with Crippen LogP contribution in [0.4, 0.5) is 11.8 Å². The van der Waals surface area contributed by atoms with Gasteiger partial charge in [-0.25, -0.2) is 15.0 Å². The first-order valence-electron chi connectivity index (χ1n) is 13.1. The Morgan fingerprint density at radius 2 is 1.81 bits per heavy atom. The van der Waals surface area contributed by atoms with Gasteiger partial charge in [0.05, 0.1) is 24.8 Å². The molecule has 6 rings (SSSR count). The molecule has 9 heteroatoms. The lowest BCUT2D eigenvalue weighted by Gasteiger charge is -2.34. The highest BCUT2D eigenvalue weighted by Crippen LogP contribution is 2.26. The van der Waals surface area contributed by atoms with Gasteiger partial charge in [-0.2, -0.15) is 0 Å². The SMILES string of the molecule is O=C(NCC(c1cnc(N2CCCC2)nc1)N1CCOCC1)c1cccc2nc(NC3CC3)ccc12. The summed E-state index contributed by atoms with van der Waals surface area (Å²) in [5.41, 5.74) is 2.47. The zero-order chi connectivity index (χ0) is 24.3. The molecule has 1 saturated carbocycles. The van der Waals surface area contributed by atoms with E-state index in [4.69, 9.17) is 9.72 Å². The molecular weight excluding hydrogens is 454 g/mol. The van der Waals surface area contributed by atoms with E-state index < -0.39 is 0 Å². The van der Waals surface area contributed by atoms with Gasteiger partial charge in [0.2, 0.25) is 5.95 Å². The van der Waals surface area contributed by atoms with E-state index in [-0.39, 0.29) is 11.9 Å². The molecule has 0 bridgehead atoms. The van der Waals surface area contributed by atoms with Crippen LogP contribution in [0.2, 0.25) is 0 Å². The summed E-state index contributed by atoms with van der Waals surface area (Å²) in [5.74, 6) is 1.56. The maximum Gasteiger partial charge on any atom is 0.252 e. The Labute approximate surface area is 211 Å². The molecular formula is C27H33N7O2. The van der Waals surface area contributed by atoms with Gasteiger partial charge in [-0.05, 0) is 49.9 Å². The molecule has 0 radical (unpaired) electrons. The van der Waals surface area contributed by atoms with E-state index in [1.54, 1.807) is 0 Å². The zero-order valence-corrected chi connectivity index (χ0v) is 20.5. The van der Waals surface area contributed by atoms with E-state index >= 15 is 0 Å². The van der Waals surface area contributed by atoms with Crippen molar-refractivity contribution in [2.24, 2.45) is 0 Å². The van der Waals surface area contributed by atoms with Gasteiger partial charge in [0.25, 0.3) is 5.91 Å². The highest BCUT2D eigenvalue weighted by Gasteiger charge is 2.26. The number of benzene rings is 1. The van der Waals surface area contributed by atoms with Crippen molar-refractivity contribution < 1.29 is 9.53 Å². The van der Waals surface area contributed by atoms with Gasteiger partial charge in [-0.3, -0.25) is 9.69 Å². The Morgan fingerprint density at radius 1 is 1.03 bits per heavy atom. The fourth-order valence-electron chi connectivity index (χ4n) is 5.09. The van der Waals surface area contributed by atoms with Crippen LogP contribution in [0.3, 0.4) is 0 Å². The second kappa shape index (κ2) is 10.4. The number of carbonyl (C=O) groups is 1. The van der Waals surface area contributed by atoms with Gasteiger partial charge < -0.3 is 20.3 Å². The van der Waals surface area contributed by atoms with E-state index in [1.165, 1.54) is 25.7 Å². The standard InChI is InChI=1S/C27H33N7O2/c35-26(22-4-3-5-23-21(22)8-9-25(32-23)31-20-6-7-20)28-18-24(33-12-14-36-15-13-33)19-16-29-27(30-17-19)34-10-1-2-11-34/h3-5,8-9,16-17,20,24H,1-2,6-7,10-15,18H2,(H,28,35)(H,31,32). The van der Waals surface area contributed by atoms with Crippen molar-refractivity contribution in [3.05, 3.63) is 53.9 Å². The molecule has 2 saturated heterocycles. The summed E-state index contributed by atoms with van der Waals surface area (Å²) < 4.78 is 5.57. The van der Waals surface area contributed by atoms with Crippen LogP contribution in [0.1, 0.15) is 47.6 Å². The maximum atomic E-state index is 13.3. The molecule has 3 aliphatic rings. The summed E-state index contributed by atoms with van der Waals surface area (Å²) in [4.78, 5) is 32.0.